The van der Waals surface area contributed by atoms with Crippen molar-refractivity contribution in [1.82, 2.24) is 0 Å². The Kier molecular flexibility index (Phi) is 6.05. The van der Waals surface area contributed by atoms with Crippen LogP contribution in [-0.4, -0.2) is 24.2 Å². The first-order chi connectivity index (χ1) is 14.6. The molecule has 1 amide bonds. The topological polar surface area (TPSA) is 64.6 Å². The molecule has 1 aliphatic heterocycles. The average molecular weight is 420 g/mol. The number of anilines is 1. The van der Waals surface area contributed by atoms with Crippen LogP contribution in [0.4, 0.5) is 5.69 Å². The number of rotatable bonds is 6. The van der Waals surface area contributed by atoms with Gasteiger partial charge in [0.1, 0.15) is 11.0 Å². The molecule has 0 fully saturated rings. The number of hydrogen-bond acceptors (Lipinski definition) is 5. The van der Waals surface area contributed by atoms with Crippen LogP contribution >= 0.6 is 11.8 Å². The molecule has 0 bridgehead atoms. The second-order valence-electron chi connectivity index (χ2n) is 6.87. The van der Waals surface area contributed by atoms with E-state index in [0.717, 1.165) is 10.5 Å². The number of methoxy groups -OCH3 is 1. The number of amides is 1. The van der Waals surface area contributed by atoms with Crippen molar-refractivity contribution in [2.24, 2.45) is 0 Å². The van der Waals surface area contributed by atoms with Gasteiger partial charge < -0.3 is 14.8 Å². The molecule has 0 saturated heterocycles. The van der Waals surface area contributed by atoms with Crippen LogP contribution in [0.15, 0.2) is 83.8 Å². The maximum Gasteiger partial charge on any atom is 0.320 e. The highest BCUT2D eigenvalue weighted by Crippen LogP contribution is 2.38. The lowest BCUT2D eigenvalue weighted by Gasteiger charge is -2.20. The smallest absolute Gasteiger partial charge is 0.320 e. The standard InChI is InChI=1S/C24H21NO4S/c1-28-19-12-7-11-18(15-19)25-23(26)22(16-8-3-2-4-9-16)29-24(27)21-14-17-10-5-6-13-20(17)30-21/h2-13,15,21-22H,14H2,1H3,(H,25,26)/t21-,22-/m1/s1. The zero-order chi connectivity index (χ0) is 20.9. The molecule has 5 nitrogen and oxygen atoms in total. The number of thioether (sulfide) groups is 1. The molecule has 0 aliphatic carbocycles. The summed E-state index contributed by atoms with van der Waals surface area (Å²) in [6.45, 7) is 0. The van der Waals surface area contributed by atoms with Crippen molar-refractivity contribution >= 4 is 29.3 Å². The molecule has 1 heterocycles. The van der Waals surface area contributed by atoms with Crippen LogP contribution in [0.3, 0.4) is 0 Å². The molecule has 1 N–H and O–H groups in total. The fraction of sp³-hybridized carbons (Fsp3) is 0.167. The van der Waals surface area contributed by atoms with Gasteiger partial charge in [0.2, 0.25) is 6.10 Å². The van der Waals surface area contributed by atoms with Crippen LogP contribution in [0.2, 0.25) is 0 Å². The Hall–Kier alpha value is -3.25. The lowest BCUT2D eigenvalue weighted by atomic mass is 10.1. The SMILES string of the molecule is COc1cccc(NC(=O)[C@H](OC(=O)[C@H]2Cc3ccccc3S2)c2ccccc2)c1. The Bertz CT molecular complexity index is 1030. The molecular formula is C24H21NO4S. The largest absolute Gasteiger partial charge is 0.497 e. The predicted octanol–water partition coefficient (Wildman–Crippen LogP) is 4.64. The van der Waals surface area contributed by atoms with Gasteiger partial charge in [0, 0.05) is 22.2 Å². The van der Waals surface area contributed by atoms with Gasteiger partial charge in [-0.3, -0.25) is 9.59 Å². The third-order valence-electron chi connectivity index (χ3n) is 4.82. The van der Waals surface area contributed by atoms with Gasteiger partial charge in [-0.05, 0) is 30.2 Å². The monoisotopic (exact) mass is 419 g/mol. The van der Waals surface area contributed by atoms with Crippen molar-refractivity contribution in [3.63, 3.8) is 0 Å². The van der Waals surface area contributed by atoms with E-state index >= 15 is 0 Å². The molecule has 0 unspecified atom stereocenters. The molecule has 4 rings (SSSR count). The normalized spacial score (nSPS) is 15.7. The van der Waals surface area contributed by atoms with Gasteiger partial charge in [0.15, 0.2) is 0 Å². The van der Waals surface area contributed by atoms with Gasteiger partial charge in [-0.1, -0.05) is 54.6 Å². The minimum atomic E-state index is -1.05. The van der Waals surface area contributed by atoms with E-state index in [2.05, 4.69) is 5.32 Å². The average Bonchev–Trinajstić information content (AvgIpc) is 3.22. The molecule has 3 aromatic carbocycles. The fourth-order valence-electron chi connectivity index (χ4n) is 3.31. The zero-order valence-electron chi connectivity index (χ0n) is 16.4. The highest BCUT2D eigenvalue weighted by molar-refractivity contribution is 8.01. The minimum Gasteiger partial charge on any atom is -0.497 e. The van der Waals surface area contributed by atoms with E-state index in [1.165, 1.54) is 11.8 Å². The van der Waals surface area contributed by atoms with Gasteiger partial charge in [-0.2, -0.15) is 0 Å². The van der Waals surface area contributed by atoms with E-state index < -0.39 is 18.0 Å². The molecule has 2 atom stereocenters. The molecule has 0 spiro atoms. The van der Waals surface area contributed by atoms with Crippen LogP contribution in [-0.2, 0) is 20.7 Å². The van der Waals surface area contributed by atoms with Crippen molar-refractivity contribution < 1.29 is 19.1 Å². The van der Waals surface area contributed by atoms with Crippen LogP contribution < -0.4 is 10.1 Å². The second kappa shape index (κ2) is 9.05. The maximum atomic E-state index is 13.0. The number of benzene rings is 3. The van der Waals surface area contributed by atoms with E-state index in [1.54, 1.807) is 43.5 Å². The summed E-state index contributed by atoms with van der Waals surface area (Å²) in [6.07, 6.45) is -0.451. The number of carbonyl (C=O) groups excluding carboxylic acids is 2. The van der Waals surface area contributed by atoms with E-state index in [0.29, 0.717) is 23.4 Å². The molecule has 6 heteroatoms. The third kappa shape index (κ3) is 4.49. The highest BCUT2D eigenvalue weighted by atomic mass is 32.2. The lowest BCUT2D eigenvalue weighted by molar-refractivity contribution is -0.154. The van der Waals surface area contributed by atoms with Gasteiger partial charge in [0.25, 0.3) is 5.91 Å². The Balaban J connectivity index is 1.52. The summed E-state index contributed by atoms with van der Waals surface area (Å²) in [4.78, 5) is 27.0. The number of ether oxygens (including phenoxy) is 2. The third-order valence-corrected chi connectivity index (χ3v) is 6.12. The van der Waals surface area contributed by atoms with Gasteiger partial charge in [-0.15, -0.1) is 11.8 Å². The van der Waals surface area contributed by atoms with Crippen LogP contribution in [0.5, 0.6) is 5.75 Å². The summed E-state index contributed by atoms with van der Waals surface area (Å²) in [6, 6.07) is 24.0. The van der Waals surface area contributed by atoms with Crippen LogP contribution in [0.25, 0.3) is 0 Å². The van der Waals surface area contributed by atoms with Crippen molar-refractivity contribution in [2.75, 3.05) is 12.4 Å². The van der Waals surface area contributed by atoms with Crippen LogP contribution in [0.1, 0.15) is 17.2 Å². The maximum absolute atomic E-state index is 13.0. The number of fused-ring (bicyclic) bond motifs is 1. The van der Waals surface area contributed by atoms with Gasteiger partial charge in [-0.25, -0.2) is 0 Å². The van der Waals surface area contributed by atoms with Crippen molar-refractivity contribution in [1.29, 1.82) is 0 Å². The highest BCUT2D eigenvalue weighted by Gasteiger charge is 2.33. The summed E-state index contributed by atoms with van der Waals surface area (Å²) in [5.41, 5.74) is 2.31. The number of carbonyl (C=O) groups is 2. The predicted molar refractivity (Wildman–Crippen MR) is 117 cm³/mol. The Morgan fingerprint density at radius 3 is 2.53 bits per heavy atom. The summed E-state index contributed by atoms with van der Waals surface area (Å²) in [5.74, 6) is -0.185. The Labute approximate surface area is 179 Å². The number of hydrogen-bond donors (Lipinski definition) is 1. The van der Waals surface area contributed by atoms with E-state index in [1.807, 2.05) is 42.5 Å². The summed E-state index contributed by atoms with van der Waals surface area (Å²) < 4.78 is 10.9. The first-order valence-corrected chi connectivity index (χ1v) is 10.5. The Morgan fingerprint density at radius 2 is 1.77 bits per heavy atom. The quantitative estimate of drug-likeness (QED) is 0.590. The summed E-state index contributed by atoms with van der Waals surface area (Å²) >= 11 is 1.48. The minimum absolute atomic E-state index is 0.363. The lowest BCUT2D eigenvalue weighted by Crippen LogP contribution is -2.29. The first-order valence-electron chi connectivity index (χ1n) is 9.59. The van der Waals surface area contributed by atoms with Gasteiger partial charge in [0.05, 0.1) is 7.11 Å². The van der Waals surface area contributed by atoms with E-state index in [9.17, 15) is 9.59 Å². The zero-order valence-corrected chi connectivity index (χ0v) is 17.2. The molecule has 1 aliphatic rings. The summed E-state index contributed by atoms with van der Waals surface area (Å²) in [5, 5.41) is 2.46. The van der Waals surface area contributed by atoms with Crippen molar-refractivity contribution in [3.05, 3.63) is 90.0 Å². The van der Waals surface area contributed by atoms with Gasteiger partial charge >= 0.3 is 5.97 Å². The number of esters is 1. The molecule has 0 aromatic heterocycles. The molecule has 30 heavy (non-hydrogen) atoms. The first kappa shape index (κ1) is 20.0. The second-order valence-corrected chi connectivity index (χ2v) is 8.11. The van der Waals surface area contributed by atoms with E-state index in [-0.39, 0.29) is 5.25 Å². The van der Waals surface area contributed by atoms with E-state index in [4.69, 9.17) is 9.47 Å². The van der Waals surface area contributed by atoms with Crippen molar-refractivity contribution in [3.8, 4) is 5.75 Å². The number of nitrogens with one attached hydrogen (secondary N) is 1. The van der Waals surface area contributed by atoms with Crippen molar-refractivity contribution in [2.45, 2.75) is 22.7 Å². The molecule has 0 saturated carbocycles. The molecule has 0 radical (unpaired) electrons. The van der Waals surface area contributed by atoms with Crippen LogP contribution in [0, 0.1) is 0 Å². The molecule has 3 aromatic rings. The Morgan fingerprint density at radius 1 is 1.00 bits per heavy atom. The molecular weight excluding hydrogens is 398 g/mol. The molecule has 152 valence electrons. The summed E-state index contributed by atoms with van der Waals surface area (Å²) in [7, 11) is 1.56. The fourth-order valence-corrected chi connectivity index (χ4v) is 4.50.